The molecule has 0 radical (unpaired) electrons. The molecule has 0 amide bonds. The summed E-state index contributed by atoms with van der Waals surface area (Å²) in [7, 11) is 0. The van der Waals surface area contributed by atoms with E-state index in [2.05, 4.69) is 46.9 Å². The zero-order chi connectivity index (χ0) is 18.6. The number of hydrogen-bond acceptors (Lipinski definition) is 1. The van der Waals surface area contributed by atoms with Gasteiger partial charge in [0.05, 0.1) is 21.6 Å². The molecule has 3 aromatic heterocycles. The molecule has 0 aliphatic rings. The Morgan fingerprint density at radius 1 is 0.714 bits per heavy atom. The highest BCUT2D eigenvalue weighted by Crippen LogP contribution is 2.46. The maximum absolute atomic E-state index is 14.2. The first-order valence-electron chi connectivity index (χ1n) is 9.09. The van der Waals surface area contributed by atoms with Gasteiger partial charge >= 0.3 is 0 Å². The van der Waals surface area contributed by atoms with Crippen molar-refractivity contribution in [3.8, 4) is 0 Å². The third kappa shape index (κ3) is 1.64. The fourth-order valence-electron chi connectivity index (χ4n) is 4.81. The van der Waals surface area contributed by atoms with Crippen LogP contribution in [0, 0.1) is 5.82 Å². The average Bonchev–Trinajstić information content (AvgIpc) is 3.20. The molecule has 7 aromatic rings. The molecule has 0 fully saturated rings. The van der Waals surface area contributed by atoms with Gasteiger partial charge in [0.15, 0.2) is 0 Å². The standard InChI is InChI=1S/C24H11ClFNS/c25-16-9-8-14-13-3-1-5-19-22(13)23-18(4-2-6-20(23)28-19)27-17-10-7-12(26)11-15(17)21(16)24(14)27/h1-11H. The van der Waals surface area contributed by atoms with Crippen molar-refractivity contribution in [1.82, 2.24) is 4.40 Å². The van der Waals surface area contributed by atoms with Crippen molar-refractivity contribution >= 4 is 81.2 Å². The second kappa shape index (κ2) is 4.93. The molecule has 3 heterocycles. The van der Waals surface area contributed by atoms with Crippen molar-refractivity contribution in [2.24, 2.45) is 0 Å². The van der Waals surface area contributed by atoms with Crippen molar-refractivity contribution in [2.45, 2.75) is 0 Å². The molecule has 1 nitrogen and oxygen atoms in total. The average molecular weight is 400 g/mol. The number of benzene rings is 4. The van der Waals surface area contributed by atoms with E-state index in [1.54, 1.807) is 6.07 Å². The Morgan fingerprint density at radius 2 is 1.54 bits per heavy atom. The molecule has 28 heavy (non-hydrogen) atoms. The van der Waals surface area contributed by atoms with E-state index >= 15 is 0 Å². The Hall–Kier alpha value is -2.88. The smallest absolute Gasteiger partial charge is 0.123 e. The van der Waals surface area contributed by atoms with E-state index < -0.39 is 0 Å². The van der Waals surface area contributed by atoms with Gasteiger partial charge in [-0.05, 0) is 47.9 Å². The van der Waals surface area contributed by atoms with Gasteiger partial charge in [-0.15, -0.1) is 11.3 Å². The van der Waals surface area contributed by atoms with Crippen LogP contribution in [-0.2, 0) is 0 Å². The highest BCUT2D eigenvalue weighted by atomic mass is 35.5. The van der Waals surface area contributed by atoms with Crippen LogP contribution in [-0.4, -0.2) is 4.40 Å². The highest BCUT2D eigenvalue weighted by molar-refractivity contribution is 7.26. The second-order valence-corrected chi connectivity index (χ2v) is 8.74. The van der Waals surface area contributed by atoms with E-state index in [1.807, 2.05) is 23.5 Å². The summed E-state index contributed by atoms with van der Waals surface area (Å²) in [5.41, 5.74) is 3.16. The van der Waals surface area contributed by atoms with Crippen LogP contribution in [0.5, 0.6) is 0 Å². The molecule has 0 saturated heterocycles. The van der Waals surface area contributed by atoms with Crippen LogP contribution in [0.2, 0.25) is 5.02 Å². The maximum atomic E-state index is 14.2. The van der Waals surface area contributed by atoms with Crippen LogP contribution in [0.3, 0.4) is 0 Å². The van der Waals surface area contributed by atoms with Gasteiger partial charge < -0.3 is 4.40 Å². The topological polar surface area (TPSA) is 4.41 Å². The summed E-state index contributed by atoms with van der Waals surface area (Å²) in [4.78, 5) is 0. The fraction of sp³-hybridized carbons (Fsp3) is 0. The van der Waals surface area contributed by atoms with Crippen molar-refractivity contribution in [3.63, 3.8) is 0 Å². The predicted octanol–water partition coefficient (Wildman–Crippen LogP) is 8.00. The number of nitrogens with zero attached hydrogens (tertiary/aromatic N) is 1. The van der Waals surface area contributed by atoms with Crippen LogP contribution in [0.25, 0.3) is 58.3 Å². The SMILES string of the molecule is Fc1ccc2c(c1)c1c(Cl)ccc3c4cccc5sc6cccc(c6c54)n2c31. The van der Waals surface area contributed by atoms with Crippen molar-refractivity contribution < 1.29 is 4.39 Å². The van der Waals surface area contributed by atoms with Crippen molar-refractivity contribution in [3.05, 3.63) is 77.6 Å². The van der Waals surface area contributed by atoms with Crippen molar-refractivity contribution in [1.29, 1.82) is 0 Å². The van der Waals surface area contributed by atoms with Gasteiger partial charge in [-0.25, -0.2) is 4.39 Å². The molecule has 4 heteroatoms. The van der Waals surface area contributed by atoms with Crippen LogP contribution in [0.4, 0.5) is 4.39 Å². The number of thiophene rings is 1. The summed E-state index contributed by atoms with van der Waals surface area (Å²) in [6, 6.07) is 21.9. The third-order valence-corrected chi connectivity index (χ3v) is 7.29. The lowest BCUT2D eigenvalue weighted by molar-refractivity contribution is 0.630. The summed E-state index contributed by atoms with van der Waals surface area (Å²) in [6.07, 6.45) is 0. The van der Waals surface area contributed by atoms with Crippen LogP contribution in [0.15, 0.2) is 66.7 Å². The van der Waals surface area contributed by atoms with Gasteiger partial charge in [0.1, 0.15) is 5.82 Å². The molecule has 0 aliphatic heterocycles. The third-order valence-electron chi connectivity index (χ3n) is 5.85. The molecule has 0 spiro atoms. The van der Waals surface area contributed by atoms with Gasteiger partial charge in [-0.1, -0.05) is 35.9 Å². The Labute approximate surface area is 167 Å². The van der Waals surface area contributed by atoms with Crippen LogP contribution >= 0.6 is 22.9 Å². The predicted molar refractivity (Wildman–Crippen MR) is 119 cm³/mol. The molecular weight excluding hydrogens is 389 g/mol. The van der Waals surface area contributed by atoms with E-state index in [9.17, 15) is 4.39 Å². The summed E-state index contributed by atoms with van der Waals surface area (Å²) in [5, 5.41) is 7.31. The molecule has 0 bridgehead atoms. The molecule has 0 saturated carbocycles. The van der Waals surface area contributed by atoms with Gasteiger partial charge in [0.2, 0.25) is 0 Å². The van der Waals surface area contributed by atoms with Gasteiger partial charge in [-0.2, -0.15) is 0 Å². The Morgan fingerprint density at radius 3 is 2.43 bits per heavy atom. The normalized spacial score (nSPS) is 12.6. The molecule has 0 N–H and O–H groups in total. The van der Waals surface area contributed by atoms with E-state index in [-0.39, 0.29) is 5.82 Å². The largest absolute Gasteiger partial charge is 0.308 e. The first kappa shape index (κ1) is 15.1. The Bertz CT molecular complexity index is 1740. The van der Waals surface area contributed by atoms with Gasteiger partial charge in [0, 0.05) is 36.3 Å². The fourth-order valence-corrected chi connectivity index (χ4v) is 6.21. The second-order valence-electron chi connectivity index (χ2n) is 7.25. The monoisotopic (exact) mass is 399 g/mol. The first-order valence-corrected chi connectivity index (χ1v) is 10.3. The number of halogens is 2. The Balaban J connectivity index is 2.03. The van der Waals surface area contributed by atoms with Crippen molar-refractivity contribution in [2.75, 3.05) is 0 Å². The molecule has 0 atom stereocenters. The number of hydrogen-bond donors (Lipinski definition) is 0. The minimum atomic E-state index is -0.249. The van der Waals surface area contributed by atoms with Gasteiger partial charge in [-0.3, -0.25) is 0 Å². The Kier molecular flexibility index (Phi) is 2.66. The molecular formula is C24H11ClFNS. The van der Waals surface area contributed by atoms with E-state index in [1.165, 1.54) is 31.6 Å². The minimum Gasteiger partial charge on any atom is -0.308 e. The highest BCUT2D eigenvalue weighted by Gasteiger charge is 2.20. The minimum absolute atomic E-state index is 0.249. The summed E-state index contributed by atoms with van der Waals surface area (Å²) < 4.78 is 19.0. The lowest BCUT2D eigenvalue weighted by Crippen LogP contribution is -1.84. The molecule has 4 aromatic carbocycles. The number of aromatic nitrogens is 1. The molecule has 132 valence electrons. The lowest BCUT2D eigenvalue weighted by Gasteiger charge is -2.02. The lowest BCUT2D eigenvalue weighted by atomic mass is 10.0. The summed E-state index contributed by atoms with van der Waals surface area (Å²) in [6.45, 7) is 0. The molecule has 7 rings (SSSR count). The quantitative estimate of drug-likeness (QED) is 0.243. The van der Waals surface area contributed by atoms with Crippen LogP contribution in [0.1, 0.15) is 0 Å². The maximum Gasteiger partial charge on any atom is 0.123 e. The summed E-state index contributed by atoms with van der Waals surface area (Å²) >= 11 is 8.48. The zero-order valence-electron chi connectivity index (χ0n) is 14.5. The number of rotatable bonds is 0. The van der Waals surface area contributed by atoms with E-state index in [0.29, 0.717) is 5.02 Å². The van der Waals surface area contributed by atoms with Crippen LogP contribution < -0.4 is 0 Å². The zero-order valence-corrected chi connectivity index (χ0v) is 16.0. The first-order chi connectivity index (χ1) is 13.7. The van der Waals surface area contributed by atoms with E-state index in [0.717, 1.165) is 32.7 Å². The number of fused-ring (bicyclic) bond motifs is 5. The van der Waals surface area contributed by atoms with Gasteiger partial charge in [0.25, 0.3) is 0 Å². The van der Waals surface area contributed by atoms with E-state index in [4.69, 9.17) is 11.6 Å². The summed E-state index contributed by atoms with van der Waals surface area (Å²) in [5.74, 6) is -0.249. The molecule has 0 aliphatic carbocycles. The molecule has 0 unspecified atom stereocenters.